The van der Waals surface area contributed by atoms with Crippen molar-refractivity contribution in [1.29, 1.82) is 0 Å². The minimum atomic E-state index is -0.227. The SMILES string of the molecule is Cc1ccc(C2=CC3=C(C(=O)N=N3)C(c3ccccc3)C2)o1. The van der Waals surface area contributed by atoms with Gasteiger partial charge in [-0.15, -0.1) is 10.2 Å². The van der Waals surface area contributed by atoms with Crippen molar-refractivity contribution >= 4 is 11.5 Å². The lowest BCUT2D eigenvalue weighted by molar-refractivity contribution is -0.114. The smallest absolute Gasteiger partial charge is 0.294 e. The highest BCUT2D eigenvalue weighted by atomic mass is 16.3. The maximum Gasteiger partial charge on any atom is 0.294 e. The van der Waals surface area contributed by atoms with E-state index < -0.39 is 0 Å². The number of hydrogen-bond acceptors (Lipinski definition) is 3. The number of carbonyl (C=O) groups is 1. The second-order valence-corrected chi connectivity index (χ2v) is 5.55. The Morgan fingerprint density at radius 2 is 1.91 bits per heavy atom. The fraction of sp³-hybridized carbons (Fsp3) is 0.167. The average molecular weight is 290 g/mol. The van der Waals surface area contributed by atoms with Crippen LogP contribution in [0.25, 0.3) is 5.57 Å². The molecule has 1 aliphatic heterocycles. The van der Waals surface area contributed by atoms with Crippen molar-refractivity contribution in [3.8, 4) is 0 Å². The number of nitrogens with zero attached hydrogens (tertiary/aromatic N) is 2. The number of aryl methyl sites for hydroxylation is 1. The number of rotatable bonds is 2. The zero-order chi connectivity index (χ0) is 15.1. The first-order valence-electron chi connectivity index (χ1n) is 7.25. The molecule has 4 rings (SSSR count). The van der Waals surface area contributed by atoms with E-state index in [1.807, 2.05) is 55.5 Å². The fourth-order valence-electron chi connectivity index (χ4n) is 3.05. The van der Waals surface area contributed by atoms with E-state index >= 15 is 0 Å². The van der Waals surface area contributed by atoms with Gasteiger partial charge in [0.15, 0.2) is 0 Å². The summed E-state index contributed by atoms with van der Waals surface area (Å²) in [5.41, 5.74) is 3.51. The minimum Gasteiger partial charge on any atom is -0.462 e. The molecule has 0 saturated carbocycles. The van der Waals surface area contributed by atoms with Gasteiger partial charge < -0.3 is 4.42 Å². The molecule has 0 N–H and O–H groups in total. The number of allylic oxidation sites excluding steroid dienone is 2. The maximum atomic E-state index is 12.1. The van der Waals surface area contributed by atoms with Crippen LogP contribution in [-0.4, -0.2) is 5.91 Å². The van der Waals surface area contributed by atoms with Crippen molar-refractivity contribution in [1.82, 2.24) is 0 Å². The first kappa shape index (κ1) is 13.0. The quantitative estimate of drug-likeness (QED) is 0.822. The van der Waals surface area contributed by atoms with Gasteiger partial charge in [0.1, 0.15) is 11.5 Å². The summed E-state index contributed by atoms with van der Waals surface area (Å²) in [5, 5.41) is 7.76. The van der Waals surface area contributed by atoms with E-state index in [0.29, 0.717) is 17.7 Å². The van der Waals surface area contributed by atoms with Crippen LogP contribution in [0.2, 0.25) is 0 Å². The van der Waals surface area contributed by atoms with Crippen molar-refractivity contribution in [3.63, 3.8) is 0 Å². The number of furan rings is 1. The Labute approximate surface area is 127 Å². The molecule has 0 spiro atoms. The monoisotopic (exact) mass is 290 g/mol. The molecule has 0 saturated heterocycles. The predicted octanol–water partition coefficient (Wildman–Crippen LogP) is 4.41. The second-order valence-electron chi connectivity index (χ2n) is 5.55. The molecule has 1 atom stereocenters. The van der Waals surface area contributed by atoms with Crippen LogP contribution >= 0.6 is 0 Å². The summed E-state index contributed by atoms with van der Waals surface area (Å²) in [4.78, 5) is 12.1. The Balaban J connectivity index is 1.82. The van der Waals surface area contributed by atoms with Gasteiger partial charge in [-0.2, -0.15) is 0 Å². The van der Waals surface area contributed by atoms with Crippen molar-refractivity contribution in [2.75, 3.05) is 0 Å². The summed E-state index contributed by atoms with van der Waals surface area (Å²) in [5.74, 6) is 1.45. The predicted molar refractivity (Wildman–Crippen MR) is 82.1 cm³/mol. The van der Waals surface area contributed by atoms with Gasteiger partial charge in [-0.1, -0.05) is 30.3 Å². The van der Waals surface area contributed by atoms with Gasteiger partial charge in [0.25, 0.3) is 5.91 Å². The van der Waals surface area contributed by atoms with Gasteiger partial charge in [0.05, 0.1) is 11.3 Å². The second kappa shape index (κ2) is 4.91. The van der Waals surface area contributed by atoms with E-state index in [1.54, 1.807) is 0 Å². The lowest BCUT2D eigenvalue weighted by Crippen LogP contribution is -2.13. The Hall–Kier alpha value is -2.75. The summed E-state index contributed by atoms with van der Waals surface area (Å²) in [7, 11) is 0. The summed E-state index contributed by atoms with van der Waals surface area (Å²) in [6.45, 7) is 1.92. The topological polar surface area (TPSA) is 54.9 Å². The molecule has 1 aromatic carbocycles. The summed E-state index contributed by atoms with van der Waals surface area (Å²) >= 11 is 0. The Morgan fingerprint density at radius 3 is 2.64 bits per heavy atom. The third-order valence-corrected chi connectivity index (χ3v) is 4.10. The third-order valence-electron chi connectivity index (χ3n) is 4.10. The Morgan fingerprint density at radius 1 is 1.09 bits per heavy atom. The van der Waals surface area contributed by atoms with E-state index in [2.05, 4.69) is 10.2 Å². The van der Waals surface area contributed by atoms with Gasteiger partial charge in [0, 0.05) is 5.92 Å². The molecule has 1 amide bonds. The van der Waals surface area contributed by atoms with E-state index in [0.717, 1.165) is 22.7 Å². The zero-order valence-corrected chi connectivity index (χ0v) is 12.1. The minimum absolute atomic E-state index is 0.0240. The standard InChI is InChI=1S/C18H14N2O2/c1-11-7-8-16(22-11)13-9-14(12-5-3-2-4-6-12)17-15(10-13)19-20-18(17)21/h2-8,10,14H,9H2,1H3. The van der Waals surface area contributed by atoms with Gasteiger partial charge >= 0.3 is 0 Å². The number of carbonyl (C=O) groups excluding carboxylic acids is 1. The van der Waals surface area contributed by atoms with Crippen LogP contribution < -0.4 is 0 Å². The first-order chi connectivity index (χ1) is 10.7. The van der Waals surface area contributed by atoms with Crippen molar-refractivity contribution in [2.45, 2.75) is 19.3 Å². The highest BCUT2D eigenvalue weighted by Crippen LogP contribution is 2.43. The van der Waals surface area contributed by atoms with Gasteiger partial charge in [0.2, 0.25) is 0 Å². The molecule has 4 heteroatoms. The van der Waals surface area contributed by atoms with E-state index in [1.165, 1.54) is 0 Å². The molecule has 108 valence electrons. The van der Waals surface area contributed by atoms with Crippen molar-refractivity contribution in [3.05, 3.63) is 76.9 Å². The van der Waals surface area contributed by atoms with Crippen LogP contribution in [0.4, 0.5) is 0 Å². The molecule has 1 aliphatic carbocycles. The van der Waals surface area contributed by atoms with Crippen LogP contribution in [0.3, 0.4) is 0 Å². The van der Waals surface area contributed by atoms with E-state index in [4.69, 9.17) is 4.42 Å². The Bertz CT molecular complexity index is 841. The fourth-order valence-corrected chi connectivity index (χ4v) is 3.05. The summed E-state index contributed by atoms with van der Waals surface area (Å²) in [6, 6.07) is 13.9. The number of azo groups is 1. The summed E-state index contributed by atoms with van der Waals surface area (Å²) < 4.78 is 5.73. The summed E-state index contributed by atoms with van der Waals surface area (Å²) in [6.07, 6.45) is 2.63. The molecule has 0 fully saturated rings. The third kappa shape index (κ3) is 2.04. The van der Waals surface area contributed by atoms with Gasteiger partial charge in [-0.3, -0.25) is 4.79 Å². The largest absolute Gasteiger partial charge is 0.462 e. The maximum absolute atomic E-state index is 12.1. The molecule has 1 unspecified atom stereocenters. The molecule has 2 heterocycles. The Kier molecular flexibility index (Phi) is 2.89. The molecule has 0 radical (unpaired) electrons. The molecular formula is C18H14N2O2. The van der Waals surface area contributed by atoms with Crippen LogP contribution in [0.15, 0.2) is 74.5 Å². The molecule has 1 aromatic heterocycles. The lowest BCUT2D eigenvalue weighted by Gasteiger charge is -2.22. The van der Waals surface area contributed by atoms with Crippen LogP contribution in [0, 0.1) is 6.92 Å². The van der Waals surface area contributed by atoms with Crippen LogP contribution in [0.1, 0.15) is 29.4 Å². The van der Waals surface area contributed by atoms with Crippen LogP contribution in [-0.2, 0) is 4.79 Å². The van der Waals surface area contributed by atoms with Gasteiger partial charge in [-0.25, -0.2) is 0 Å². The van der Waals surface area contributed by atoms with Crippen LogP contribution in [0.5, 0.6) is 0 Å². The van der Waals surface area contributed by atoms with E-state index in [-0.39, 0.29) is 11.8 Å². The molecule has 22 heavy (non-hydrogen) atoms. The lowest BCUT2D eigenvalue weighted by atomic mass is 9.80. The van der Waals surface area contributed by atoms with Crippen molar-refractivity contribution in [2.24, 2.45) is 10.2 Å². The van der Waals surface area contributed by atoms with Gasteiger partial charge in [-0.05, 0) is 42.7 Å². The zero-order valence-electron chi connectivity index (χ0n) is 12.1. The molecule has 2 aliphatic rings. The number of benzene rings is 1. The highest BCUT2D eigenvalue weighted by Gasteiger charge is 2.34. The molecule has 0 bridgehead atoms. The highest BCUT2D eigenvalue weighted by molar-refractivity contribution is 6.00. The average Bonchev–Trinajstić information content (AvgIpc) is 3.14. The normalized spacial score (nSPS) is 20.3. The number of amides is 1. The molecular weight excluding hydrogens is 276 g/mol. The van der Waals surface area contributed by atoms with E-state index in [9.17, 15) is 4.79 Å². The first-order valence-corrected chi connectivity index (χ1v) is 7.25. The molecule has 2 aromatic rings. The van der Waals surface area contributed by atoms with Crippen molar-refractivity contribution < 1.29 is 9.21 Å². The number of hydrogen-bond donors (Lipinski definition) is 0. The molecule has 4 nitrogen and oxygen atoms in total.